The van der Waals surface area contributed by atoms with Gasteiger partial charge in [0.25, 0.3) is 5.91 Å². The number of aliphatic imine (C=N–C) groups is 1. The Kier molecular flexibility index (Phi) is 7.64. The molecule has 1 aliphatic heterocycles. The van der Waals surface area contributed by atoms with Crippen molar-refractivity contribution in [1.29, 1.82) is 0 Å². The Labute approximate surface area is 180 Å². The van der Waals surface area contributed by atoms with Crippen LogP contribution in [0.1, 0.15) is 23.0 Å². The molecule has 31 heavy (non-hydrogen) atoms. The molecule has 2 heterocycles. The number of carbonyl (C=O) groups is 2. The van der Waals surface area contributed by atoms with Crippen molar-refractivity contribution in [2.24, 2.45) is 16.6 Å². The Bertz CT molecular complexity index is 890. The van der Waals surface area contributed by atoms with E-state index in [9.17, 15) is 14.0 Å². The second kappa shape index (κ2) is 10.6. The molecule has 2 amide bonds. The normalized spacial score (nSPS) is 15.6. The summed E-state index contributed by atoms with van der Waals surface area (Å²) in [7, 11) is 0. The summed E-state index contributed by atoms with van der Waals surface area (Å²) in [5, 5.41) is 3.24. The van der Waals surface area contributed by atoms with Crippen molar-refractivity contribution >= 4 is 17.8 Å². The lowest BCUT2D eigenvalue weighted by molar-refractivity contribution is -0.121. The third kappa shape index (κ3) is 6.07. The number of nitrogens with one attached hydrogen (secondary N) is 1. The van der Waals surface area contributed by atoms with Crippen molar-refractivity contribution in [2.75, 3.05) is 39.3 Å². The summed E-state index contributed by atoms with van der Waals surface area (Å²) in [4.78, 5) is 32.8. The van der Waals surface area contributed by atoms with Gasteiger partial charge in [0.15, 0.2) is 11.7 Å². The zero-order valence-corrected chi connectivity index (χ0v) is 17.6. The van der Waals surface area contributed by atoms with E-state index in [1.54, 1.807) is 29.2 Å². The van der Waals surface area contributed by atoms with Crippen molar-refractivity contribution in [3.63, 3.8) is 0 Å². The fourth-order valence-corrected chi connectivity index (χ4v) is 3.46. The molecule has 3 rings (SSSR count). The smallest absolute Gasteiger partial charge is 0.289 e. The highest BCUT2D eigenvalue weighted by Crippen LogP contribution is 2.12. The molecule has 1 aromatic heterocycles. The molecule has 1 aromatic carbocycles. The van der Waals surface area contributed by atoms with E-state index in [2.05, 4.69) is 15.2 Å². The van der Waals surface area contributed by atoms with Crippen LogP contribution >= 0.6 is 0 Å². The molecule has 0 saturated carbocycles. The molecule has 3 N–H and O–H groups in total. The number of amides is 2. The van der Waals surface area contributed by atoms with Crippen molar-refractivity contribution in [1.82, 2.24) is 15.1 Å². The number of primary amides is 1. The van der Waals surface area contributed by atoms with Crippen molar-refractivity contribution < 1.29 is 18.4 Å². The number of hydrogen-bond donors (Lipinski definition) is 2. The molecule has 1 unspecified atom stereocenters. The first kappa shape index (κ1) is 22.3. The Balaban J connectivity index is 1.61. The summed E-state index contributed by atoms with van der Waals surface area (Å²) in [6.07, 6.45) is 1.88. The van der Waals surface area contributed by atoms with Gasteiger partial charge in [-0.2, -0.15) is 0 Å². The van der Waals surface area contributed by atoms with Crippen molar-refractivity contribution in [3.05, 3.63) is 59.8 Å². The van der Waals surface area contributed by atoms with Gasteiger partial charge >= 0.3 is 0 Å². The van der Waals surface area contributed by atoms with E-state index >= 15 is 0 Å². The van der Waals surface area contributed by atoms with Crippen LogP contribution in [0.25, 0.3) is 0 Å². The summed E-state index contributed by atoms with van der Waals surface area (Å²) < 4.78 is 18.3. The summed E-state index contributed by atoms with van der Waals surface area (Å²) in [6, 6.07) is 9.38. The third-order valence-electron chi connectivity index (χ3n) is 5.19. The van der Waals surface area contributed by atoms with Crippen LogP contribution in [0.3, 0.4) is 0 Å². The van der Waals surface area contributed by atoms with Crippen LogP contribution < -0.4 is 11.1 Å². The van der Waals surface area contributed by atoms with Crippen LogP contribution in [-0.4, -0.2) is 66.8 Å². The lowest BCUT2D eigenvalue weighted by Gasteiger charge is -2.36. The number of nitrogens with zero attached hydrogens (tertiary/aromatic N) is 3. The number of furan rings is 1. The minimum atomic E-state index is -0.499. The van der Waals surface area contributed by atoms with Gasteiger partial charge in [0, 0.05) is 32.7 Å². The van der Waals surface area contributed by atoms with E-state index in [0.717, 1.165) is 5.56 Å². The number of carbonyl (C=O) groups excluding carboxylic acids is 2. The molecule has 0 aliphatic carbocycles. The minimum absolute atomic E-state index is 0.125. The predicted molar refractivity (Wildman–Crippen MR) is 115 cm³/mol. The molecule has 0 radical (unpaired) electrons. The number of piperazine rings is 1. The van der Waals surface area contributed by atoms with Gasteiger partial charge in [0.2, 0.25) is 5.91 Å². The van der Waals surface area contributed by atoms with E-state index in [4.69, 9.17) is 10.2 Å². The average molecular weight is 429 g/mol. The van der Waals surface area contributed by atoms with Crippen LogP contribution in [0.15, 0.2) is 52.1 Å². The topological polar surface area (TPSA) is 104 Å². The molecule has 166 valence electrons. The van der Waals surface area contributed by atoms with E-state index in [1.165, 1.54) is 18.4 Å². The first-order chi connectivity index (χ1) is 15.0. The van der Waals surface area contributed by atoms with Gasteiger partial charge in [-0.05, 0) is 43.2 Å². The monoisotopic (exact) mass is 429 g/mol. The molecular weight excluding hydrogens is 401 g/mol. The first-order valence-electron chi connectivity index (χ1n) is 10.4. The molecule has 1 fully saturated rings. The fraction of sp³-hybridized carbons (Fsp3) is 0.409. The lowest BCUT2D eigenvalue weighted by Crippen LogP contribution is -2.54. The summed E-state index contributed by atoms with van der Waals surface area (Å²) in [5.41, 5.74) is 6.41. The van der Waals surface area contributed by atoms with Crippen molar-refractivity contribution in [3.8, 4) is 0 Å². The quantitative estimate of drug-likeness (QED) is 0.513. The third-order valence-corrected chi connectivity index (χ3v) is 5.19. The van der Waals surface area contributed by atoms with Crippen LogP contribution in [-0.2, 0) is 11.2 Å². The number of nitrogens with two attached hydrogens (primary N) is 1. The van der Waals surface area contributed by atoms with Crippen LogP contribution in [0, 0.1) is 11.7 Å². The fourth-order valence-electron chi connectivity index (χ4n) is 3.46. The predicted octanol–water partition coefficient (Wildman–Crippen LogP) is 1.49. The Morgan fingerprint density at radius 2 is 1.84 bits per heavy atom. The molecule has 9 heteroatoms. The van der Waals surface area contributed by atoms with Gasteiger partial charge in [-0.25, -0.2) is 4.39 Å². The molecule has 1 atom stereocenters. The Hall–Kier alpha value is -3.36. The first-order valence-corrected chi connectivity index (χ1v) is 10.4. The molecule has 1 aliphatic rings. The average Bonchev–Trinajstić information content (AvgIpc) is 3.31. The number of rotatable bonds is 7. The highest BCUT2D eigenvalue weighted by molar-refractivity contribution is 5.91. The van der Waals surface area contributed by atoms with E-state index < -0.39 is 11.8 Å². The van der Waals surface area contributed by atoms with E-state index in [0.29, 0.717) is 50.9 Å². The second-order valence-corrected chi connectivity index (χ2v) is 7.38. The van der Waals surface area contributed by atoms with Gasteiger partial charge in [0.05, 0.1) is 18.7 Å². The van der Waals surface area contributed by atoms with E-state index in [1.807, 2.05) is 6.92 Å². The molecule has 0 spiro atoms. The molecule has 1 saturated heterocycles. The van der Waals surface area contributed by atoms with Gasteiger partial charge in [-0.15, -0.1) is 0 Å². The largest absolute Gasteiger partial charge is 0.459 e. The standard InChI is InChI=1S/C22H28FN5O3/c1-2-25-22(26-15-17(20(24)29)14-16-5-7-18(23)8-6-16)28-11-9-27(10-12-28)21(30)19-4-3-13-31-19/h3-8,13,17H,2,9-12,14-15H2,1H3,(H2,24,29)(H,25,26). The summed E-state index contributed by atoms with van der Waals surface area (Å²) in [6.45, 7) is 5.16. The van der Waals surface area contributed by atoms with Gasteiger partial charge in [-0.3, -0.25) is 14.6 Å². The van der Waals surface area contributed by atoms with E-state index in [-0.39, 0.29) is 18.3 Å². The minimum Gasteiger partial charge on any atom is -0.459 e. The van der Waals surface area contributed by atoms with Crippen molar-refractivity contribution in [2.45, 2.75) is 13.3 Å². The highest BCUT2D eigenvalue weighted by Gasteiger charge is 2.25. The van der Waals surface area contributed by atoms with Crippen LogP contribution in [0.2, 0.25) is 0 Å². The number of benzene rings is 1. The summed E-state index contributed by atoms with van der Waals surface area (Å²) in [5.74, 6) is -0.382. The molecule has 8 nitrogen and oxygen atoms in total. The highest BCUT2D eigenvalue weighted by atomic mass is 19.1. The maximum atomic E-state index is 13.1. The molecule has 0 bridgehead atoms. The number of hydrogen-bond acceptors (Lipinski definition) is 4. The van der Waals surface area contributed by atoms with Crippen LogP contribution in [0.4, 0.5) is 4.39 Å². The maximum absolute atomic E-state index is 13.1. The van der Waals surface area contributed by atoms with Gasteiger partial charge in [0.1, 0.15) is 5.82 Å². The van der Waals surface area contributed by atoms with Gasteiger partial charge < -0.3 is 25.3 Å². The number of halogens is 1. The maximum Gasteiger partial charge on any atom is 0.289 e. The molecule has 2 aromatic rings. The molecular formula is C22H28FN5O3. The van der Waals surface area contributed by atoms with Crippen LogP contribution in [0.5, 0.6) is 0 Å². The SMILES string of the molecule is CCNC(=NCC(Cc1ccc(F)cc1)C(N)=O)N1CCN(C(=O)c2ccco2)CC1. The number of guanidine groups is 1. The second-order valence-electron chi connectivity index (χ2n) is 7.38. The zero-order chi connectivity index (χ0) is 22.2. The van der Waals surface area contributed by atoms with Gasteiger partial charge in [-0.1, -0.05) is 12.1 Å². The lowest BCUT2D eigenvalue weighted by atomic mass is 9.99. The Morgan fingerprint density at radius 3 is 2.42 bits per heavy atom. The summed E-state index contributed by atoms with van der Waals surface area (Å²) >= 11 is 0. The zero-order valence-electron chi connectivity index (χ0n) is 17.6. The Morgan fingerprint density at radius 1 is 1.16 bits per heavy atom.